The number of rotatable bonds is 5. The van der Waals surface area contributed by atoms with E-state index in [-0.39, 0.29) is 0 Å². The van der Waals surface area contributed by atoms with E-state index < -0.39 is 0 Å². The van der Waals surface area contributed by atoms with Crippen LogP contribution in [0, 0.1) is 0 Å². The molecule has 0 aliphatic rings. The molecule has 2 heteroatoms. The van der Waals surface area contributed by atoms with Gasteiger partial charge in [-0.25, -0.2) is 0 Å². The molecule has 1 aromatic rings. The van der Waals surface area contributed by atoms with Crippen molar-refractivity contribution in [3.05, 3.63) is 34.9 Å². The second kappa shape index (κ2) is 6.14. The fourth-order valence-corrected chi connectivity index (χ4v) is 1.89. The zero-order valence-corrected chi connectivity index (χ0v) is 10.5. The summed E-state index contributed by atoms with van der Waals surface area (Å²) in [6.07, 6.45) is 2.20. The van der Waals surface area contributed by atoms with E-state index in [1.54, 1.807) is 0 Å². The minimum atomic E-state index is 0.499. The van der Waals surface area contributed by atoms with Crippen molar-refractivity contribution in [1.29, 1.82) is 0 Å². The second-order valence-corrected chi connectivity index (χ2v) is 4.65. The van der Waals surface area contributed by atoms with Crippen molar-refractivity contribution in [2.75, 3.05) is 0 Å². The molecule has 2 unspecified atom stereocenters. The molecule has 1 nitrogen and oxygen atoms in total. The lowest BCUT2D eigenvalue weighted by molar-refractivity contribution is 0.455. The van der Waals surface area contributed by atoms with Gasteiger partial charge >= 0.3 is 0 Å². The Morgan fingerprint density at radius 1 is 1.27 bits per heavy atom. The van der Waals surface area contributed by atoms with Gasteiger partial charge in [-0.15, -0.1) is 0 Å². The second-order valence-electron chi connectivity index (χ2n) is 4.21. The van der Waals surface area contributed by atoms with Gasteiger partial charge in [-0.05, 0) is 44.4 Å². The van der Waals surface area contributed by atoms with Crippen LogP contribution in [-0.2, 0) is 6.42 Å². The van der Waals surface area contributed by atoms with Crippen LogP contribution in [0.4, 0.5) is 0 Å². The SMILES string of the molecule is CCC(C)NC(C)Cc1cccc(Cl)c1. The van der Waals surface area contributed by atoms with Gasteiger partial charge in [0.25, 0.3) is 0 Å². The third-order valence-corrected chi connectivity index (χ3v) is 2.85. The number of hydrogen-bond donors (Lipinski definition) is 1. The summed E-state index contributed by atoms with van der Waals surface area (Å²) in [5.41, 5.74) is 1.30. The molecule has 0 saturated heterocycles. The smallest absolute Gasteiger partial charge is 0.0408 e. The maximum atomic E-state index is 5.94. The Labute approximate surface area is 97.8 Å². The van der Waals surface area contributed by atoms with Crippen LogP contribution in [0.5, 0.6) is 0 Å². The molecule has 1 N–H and O–H groups in total. The van der Waals surface area contributed by atoms with E-state index in [0.717, 1.165) is 11.4 Å². The fourth-order valence-electron chi connectivity index (χ4n) is 1.68. The highest BCUT2D eigenvalue weighted by atomic mass is 35.5. The Hall–Kier alpha value is -0.530. The monoisotopic (exact) mass is 225 g/mol. The molecule has 0 aliphatic heterocycles. The standard InChI is InChI=1S/C13H20ClN/c1-4-10(2)15-11(3)8-12-6-5-7-13(14)9-12/h5-7,9-11,15H,4,8H2,1-3H3. The molecule has 84 valence electrons. The minimum Gasteiger partial charge on any atom is -0.311 e. The minimum absolute atomic E-state index is 0.499. The van der Waals surface area contributed by atoms with E-state index in [0.29, 0.717) is 12.1 Å². The van der Waals surface area contributed by atoms with E-state index in [1.807, 2.05) is 18.2 Å². The van der Waals surface area contributed by atoms with Crippen molar-refractivity contribution in [3.8, 4) is 0 Å². The summed E-state index contributed by atoms with van der Waals surface area (Å²) in [4.78, 5) is 0. The molecule has 0 heterocycles. The maximum absolute atomic E-state index is 5.94. The highest BCUT2D eigenvalue weighted by Crippen LogP contribution is 2.12. The number of benzene rings is 1. The highest BCUT2D eigenvalue weighted by molar-refractivity contribution is 6.30. The van der Waals surface area contributed by atoms with E-state index in [9.17, 15) is 0 Å². The van der Waals surface area contributed by atoms with Gasteiger partial charge in [-0.2, -0.15) is 0 Å². The molecule has 2 atom stereocenters. The Morgan fingerprint density at radius 3 is 2.60 bits per heavy atom. The van der Waals surface area contributed by atoms with Crippen LogP contribution in [0.15, 0.2) is 24.3 Å². The maximum Gasteiger partial charge on any atom is 0.0408 e. The first-order valence-electron chi connectivity index (χ1n) is 5.62. The van der Waals surface area contributed by atoms with Gasteiger partial charge in [0.2, 0.25) is 0 Å². The molecular formula is C13H20ClN. The highest BCUT2D eigenvalue weighted by Gasteiger charge is 2.06. The molecule has 1 rings (SSSR count). The lowest BCUT2D eigenvalue weighted by Crippen LogP contribution is -2.35. The summed E-state index contributed by atoms with van der Waals surface area (Å²) in [5.74, 6) is 0. The molecule has 0 bridgehead atoms. The van der Waals surface area contributed by atoms with Gasteiger partial charge in [0.05, 0.1) is 0 Å². The van der Waals surface area contributed by atoms with Crippen LogP contribution in [0.25, 0.3) is 0 Å². The molecule has 0 spiro atoms. The normalized spacial score (nSPS) is 14.9. The van der Waals surface area contributed by atoms with E-state index in [1.165, 1.54) is 12.0 Å². The van der Waals surface area contributed by atoms with Crippen molar-refractivity contribution in [2.45, 2.75) is 45.7 Å². The van der Waals surface area contributed by atoms with Crippen LogP contribution in [0.3, 0.4) is 0 Å². The van der Waals surface area contributed by atoms with Crippen molar-refractivity contribution in [1.82, 2.24) is 5.32 Å². The summed E-state index contributed by atoms with van der Waals surface area (Å²) in [5, 5.41) is 4.38. The van der Waals surface area contributed by atoms with Crippen molar-refractivity contribution < 1.29 is 0 Å². The van der Waals surface area contributed by atoms with Gasteiger partial charge in [0.1, 0.15) is 0 Å². The Kier molecular flexibility index (Phi) is 5.13. The zero-order valence-electron chi connectivity index (χ0n) is 9.76. The first-order chi connectivity index (χ1) is 7.11. The summed E-state index contributed by atoms with van der Waals surface area (Å²) >= 11 is 5.94. The van der Waals surface area contributed by atoms with Gasteiger partial charge in [0.15, 0.2) is 0 Å². The van der Waals surface area contributed by atoms with Crippen LogP contribution < -0.4 is 5.32 Å². The van der Waals surface area contributed by atoms with E-state index in [2.05, 4.69) is 32.2 Å². The molecule has 0 fully saturated rings. The van der Waals surface area contributed by atoms with Crippen molar-refractivity contribution in [2.24, 2.45) is 0 Å². The predicted octanol–water partition coefficient (Wildman–Crippen LogP) is 3.66. The Bertz CT molecular complexity index is 298. The molecule has 0 radical (unpaired) electrons. The third kappa shape index (κ3) is 4.67. The molecule has 0 aliphatic carbocycles. The fraction of sp³-hybridized carbons (Fsp3) is 0.538. The lowest BCUT2D eigenvalue weighted by atomic mass is 10.1. The number of hydrogen-bond acceptors (Lipinski definition) is 1. The quantitative estimate of drug-likeness (QED) is 0.807. The summed E-state index contributed by atoms with van der Waals surface area (Å²) in [6, 6.07) is 9.17. The van der Waals surface area contributed by atoms with Crippen LogP contribution >= 0.6 is 11.6 Å². The summed E-state index contributed by atoms with van der Waals surface area (Å²) in [6.45, 7) is 6.63. The zero-order chi connectivity index (χ0) is 11.3. The largest absolute Gasteiger partial charge is 0.311 e. The van der Waals surface area contributed by atoms with E-state index in [4.69, 9.17) is 11.6 Å². The van der Waals surface area contributed by atoms with Crippen molar-refractivity contribution in [3.63, 3.8) is 0 Å². The predicted molar refractivity (Wildman–Crippen MR) is 67.5 cm³/mol. The molecular weight excluding hydrogens is 206 g/mol. The van der Waals surface area contributed by atoms with Crippen LogP contribution in [-0.4, -0.2) is 12.1 Å². The molecule has 0 amide bonds. The topological polar surface area (TPSA) is 12.0 Å². The van der Waals surface area contributed by atoms with Gasteiger partial charge in [0, 0.05) is 17.1 Å². The van der Waals surface area contributed by atoms with E-state index >= 15 is 0 Å². The molecule has 15 heavy (non-hydrogen) atoms. The first-order valence-corrected chi connectivity index (χ1v) is 6.00. The number of nitrogens with one attached hydrogen (secondary N) is 1. The van der Waals surface area contributed by atoms with Crippen LogP contribution in [0.2, 0.25) is 5.02 Å². The Morgan fingerprint density at radius 2 is 2.00 bits per heavy atom. The van der Waals surface area contributed by atoms with Crippen LogP contribution in [0.1, 0.15) is 32.8 Å². The van der Waals surface area contributed by atoms with Crippen molar-refractivity contribution >= 4 is 11.6 Å². The van der Waals surface area contributed by atoms with Gasteiger partial charge in [-0.1, -0.05) is 30.7 Å². The Balaban J connectivity index is 2.47. The van der Waals surface area contributed by atoms with Gasteiger partial charge < -0.3 is 5.32 Å². The lowest BCUT2D eigenvalue weighted by Gasteiger charge is -2.18. The van der Waals surface area contributed by atoms with Gasteiger partial charge in [-0.3, -0.25) is 0 Å². The summed E-state index contributed by atoms with van der Waals surface area (Å²) in [7, 11) is 0. The number of halogens is 1. The summed E-state index contributed by atoms with van der Waals surface area (Å²) < 4.78 is 0. The average molecular weight is 226 g/mol. The molecule has 0 saturated carbocycles. The molecule has 1 aromatic carbocycles. The average Bonchev–Trinajstić information content (AvgIpc) is 2.17. The molecule has 0 aromatic heterocycles. The first kappa shape index (κ1) is 12.5. The third-order valence-electron chi connectivity index (χ3n) is 2.61.